The second-order valence-corrected chi connectivity index (χ2v) is 5.32. The van der Waals surface area contributed by atoms with Crippen LogP contribution in [0.4, 0.5) is 4.39 Å². The van der Waals surface area contributed by atoms with Crippen molar-refractivity contribution in [1.29, 1.82) is 0 Å². The summed E-state index contributed by atoms with van der Waals surface area (Å²) in [6.07, 6.45) is -0.642. The lowest BCUT2D eigenvalue weighted by atomic mass is 10.1. The lowest BCUT2D eigenvalue weighted by Gasteiger charge is -2.09. The van der Waals surface area contributed by atoms with Crippen molar-refractivity contribution < 1.29 is 9.50 Å². The van der Waals surface area contributed by atoms with Crippen LogP contribution in [0.5, 0.6) is 0 Å². The van der Waals surface area contributed by atoms with Gasteiger partial charge in [-0.15, -0.1) is 0 Å². The molecule has 2 aromatic rings. The van der Waals surface area contributed by atoms with Gasteiger partial charge in [-0.05, 0) is 43.2 Å². The maximum atomic E-state index is 13.9. The Bertz CT molecular complexity index is 552. The highest BCUT2D eigenvalue weighted by Crippen LogP contribution is 2.32. The molecule has 3 heteroatoms. The van der Waals surface area contributed by atoms with Crippen LogP contribution in [0.25, 0.3) is 0 Å². The molecule has 0 radical (unpaired) electrons. The molecule has 0 heterocycles. The topological polar surface area (TPSA) is 20.2 Å². The monoisotopic (exact) mass is 262 g/mol. The Morgan fingerprint density at radius 2 is 1.83 bits per heavy atom. The van der Waals surface area contributed by atoms with E-state index < -0.39 is 6.10 Å². The van der Waals surface area contributed by atoms with E-state index in [1.807, 2.05) is 31.2 Å². The molecular formula is C15H15FOS. The van der Waals surface area contributed by atoms with Gasteiger partial charge in [0.05, 0.1) is 6.10 Å². The highest BCUT2D eigenvalue weighted by molar-refractivity contribution is 7.99. The molecule has 2 aromatic carbocycles. The van der Waals surface area contributed by atoms with Crippen LogP contribution in [0.2, 0.25) is 0 Å². The molecule has 0 aliphatic heterocycles. The van der Waals surface area contributed by atoms with Crippen LogP contribution in [-0.2, 0) is 0 Å². The van der Waals surface area contributed by atoms with E-state index in [1.54, 1.807) is 19.1 Å². The first-order valence-electron chi connectivity index (χ1n) is 5.79. The highest BCUT2D eigenvalue weighted by Gasteiger charge is 2.09. The molecule has 0 unspecified atom stereocenters. The Morgan fingerprint density at radius 1 is 1.11 bits per heavy atom. The molecule has 0 aliphatic carbocycles. The van der Waals surface area contributed by atoms with Gasteiger partial charge in [-0.3, -0.25) is 0 Å². The van der Waals surface area contributed by atoms with Gasteiger partial charge in [-0.25, -0.2) is 4.39 Å². The predicted molar refractivity (Wildman–Crippen MR) is 72.3 cm³/mol. The largest absolute Gasteiger partial charge is 0.389 e. The molecule has 2 rings (SSSR count). The van der Waals surface area contributed by atoms with E-state index in [0.29, 0.717) is 10.5 Å². The van der Waals surface area contributed by atoms with Crippen molar-refractivity contribution >= 4 is 11.8 Å². The maximum Gasteiger partial charge on any atom is 0.137 e. The molecule has 0 saturated carbocycles. The zero-order valence-electron chi connectivity index (χ0n) is 10.4. The summed E-state index contributed by atoms with van der Waals surface area (Å²) in [6.45, 7) is 3.63. The SMILES string of the molecule is Cc1ccccc1Sc1ccc([C@@H](C)O)cc1F. The molecule has 0 aliphatic rings. The van der Waals surface area contributed by atoms with Crippen LogP contribution in [0.15, 0.2) is 52.3 Å². The fraction of sp³-hybridized carbons (Fsp3) is 0.200. The molecule has 0 amide bonds. The first kappa shape index (κ1) is 13.1. The Kier molecular flexibility index (Phi) is 4.04. The van der Waals surface area contributed by atoms with Crippen molar-refractivity contribution in [3.63, 3.8) is 0 Å². The molecule has 18 heavy (non-hydrogen) atoms. The normalized spacial score (nSPS) is 12.4. The third-order valence-electron chi connectivity index (χ3n) is 2.75. The fourth-order valence-corrected chi connectivity index (χ4v) is 2.55. The van der Waals surface area contributed by atoms with E-state index in [2.05, 4.69) is 0 Å². The molecule has 0 aromatic heterocycles. The average molecular weight is 262 g/mol. The third kappa shape index (κ3) is 2.92. The summed E-state index contributed by atoms with van der Waals surface area (Å²) >= 11 is 1.40. The van der Waals surface area contributed by atoms with Gasteiger partial charge in [-0.1, -0.05) is 36.0 Å². The standard InChI is InChI=1S/C15H15FOS/c1-10-5-3-4-6-14(10)18-15-8-7-12(11(2)17)9-13(15)16/h3-9,11,17H,1-2H3/t11-/m1/s1. The van der Waals surface area contributed by atoms with Crippen molar-refractivity contribution in [2.75, 3.05) is 0 Å². The molecule has 0 saturated heterocycles. The summed E-state index contributed by atoms with van der Waals surface area (Å²) in [4.78, 5) is 1.62. The van der Waals surface area contributed by atoms with E-state index in [-0.39, 0.29) is 5.82 Å². The first-order chi connectivity index (χ1) is 8.58. The van der Waals surface area contributed by atoms with Gasteiger partial charge in [-0.2, -0.15) is 0 Å². The number of hydrogen-bond acceptors (Lipinski definition) is 2. The lowest BCUT2D eigenvalue weighted by molar-refractivity contribution is 0.198. The Hall–Kier alpha value is -1.32. The second-order valence-electron chi connectivity index (χ2n) is 4.23. The molecular weight excluding hydrogens is 247 g/mol. The fourth-order valence-electron chi connectivity index (χ4n) is 1.65. The summed E-state index contributed by atoms with van der Waals surface area (Å²) in [6, 6.07) is 12.8. The summed E-state index contributed by atoms with van der Waals surface area (Å²) in [5.74, 6) is -0.290. The van der Waals surface area contributed by atoms with Gasteiger partial charge in [0.1, 0.15) is 5.82 Å². The molecule has 0 bridgehead atoms. The van der Waals surface area contributed by atoms with E-state index in [0.717, 1.165) is 10.5 Å². The number of benzene rings is 2. The van der Waals surface area contributed by atoms with E-state index in [1.165, 1.54) is 17.8 Å². The number of hydrogen-bond donors (Lipinski definition) is 1. The minimum atomic E-state index is -0.642. The van der Waals surface area contributed by atoms with Gasteiger partial charge in [0.15, 0.2) is 0 Å². The molecule has 0 fully saturated rings. The summed E-state index contributed by atoms with van der Waals surface area (Å²) in [5.41, 5.74) is 1.73. The predicted octanol–water partition coefficient (Wildman–Crippen LogP) is 4.34. The lowest BCUT2D eigenvalue weighted by Crippen LogP contribution is -1.93. The Labute approximate surface area is 111 Å². The number of aryl methyl sites for hydroxylation is 1. The van der Waals surface area contributed by atoms with Crippen molar-refractivity contribution in [1.82, 2.24) is 0 Å². The van der Waals surface area contributed by atoms with Crippen molar-refractivity contribution in [2.45, 2.75) is 29.7 Å². The van der Waals surface area contributed by atoms with E-state index in [4.69, 9.17) is 0 Å². The van der Waals surface area contributed by atoms with Crippen molar-refractivity contribution in [3.05, 3.63) is 59.4 Å². The molecule has 1 N–H and O–H groups in total. The highest BCUT2D eigenvalue weighted by atomic mass is 32.2. The average Bonchev–Trinajstić information content (AvgIpc) is 2.34. The van der Waals surface area contributed by atoms with Gasteiger partial charge in [0, 0.05) is 9.79 Å². The van der Waals surface area contributed by atoms with Gasteiger partial charge in [0.2, 0.25) is 0 Å². The Balaban J connectivity index is 2.28. The maximum absolute atomic E-state index is 13.9. The zero-order chi connectivity index (χ0) is 13.1. The number of aliphatic hydroxyl groups excluding tert-OH is 1. The van der Waals surface area contributed by atoms with Crippen LogP contribution < -0.4 is 0 Å². The first-order valence-corrected chi connectivity index (χ1v) is 6.60. The smallest absolute Gasteiger partial charge is 0.137 e. The quantitative estimate of drug-likeness (QED) is 0.888. The van der Waals surface area contributed by atoms with Crippen LogP contribution in [0, 0.1) is 12.7 Å². The van der Waals surface area contributed by atoms with Crippen molar-refractivity contribution in [2.24, 2.45) is 0 Å². The van der Waals surface area contributed by atoms with Crippen LogP contribution in [0.1, 0.15) is 24.2 Å². The molecule has 1 atom stereocenters. The summed E-state index contributed by atoms with van der Waals surface area (Å²) in [5, 5.41) is 9.40. The summed E-state index contributed by atoms with van der Waals surface area (Å²) in [7, 11) is 0. The minimum Gasteiger partial charge on any atom is -0.389 e. The molecule has 94 valence electrons. The van der Waals surface area contributed by atoms with Crippen LogP contribution in [0.3, 0.4) is 0 Å². The number of aliphatic hydroxyl groups is 1. The van der Waals surface area contributed by atoms with Gasteiger partial charge < -0.3 is 5.11 Å². The second kappa shape index (κ2) is 5.55. The molecule has 1 nitrogen and oxygen atoms in total. The molecule has 0 spiro atoms. The summed E-state index contributed by atoms with van der Waals surface area (Å²) < 4.78 is 13.9. The minimum absolute atomic E-state index is 0.290. The third-order valence-corrected chi connectivity index (χ3v) is 3.98. The Morgan fingerprint density at radius 3 is 2.44 bits per heavy atom. The zero-order valence-corrected chi connectivity index (χ0v) is 11.2. The number of rotatable bonds is 3. The van der Waals surface area contributed by atoms with E-state index in [9.17, 15) is 9.50 Å². The van der Waals surface area contributed by atoms with Crippen LogP contribution in [-0.4, -0.2) is 5.11 Å². The van der Waals surface area contributed by atoms with Gasteiger partial charge >= 0.3 is 0 Å². The number of halogens is 1. The van der Waals surface area contributed by atoms with Crippen LogP contribution >= 0.6 is 11.8 Å². The van der Waals surface area contributed by atoms with Gasteiger partial charge in [0.25, 0.3) is 0 Å². The van der Waals surface area contributed by atoms with E-state index >= 15 is 0 Å². The van der Waals surface area contributed by atoms with Crippen molar-refractivity contribution in [3.8, 4) is 0 Å².